The highest BCUT2D eigenvalue weighted by Crippen LogP contribution is 2.41. The lowest BCUT2D eigenvalue weighted by Crippen LogP contribution is -2.61. The fourth-order valence-electron chi connectivity index (χ4n) is 19.6. The number of methoxy groups -OCH3 is 3. The maximum absolute atomic E-state index is 14.8. The van der Waals surface area contributed by atoms with E-state index < -0.39 is 90.1 Å². The minimum Gasteiger partial charge on any atom is -0.461 e. The first-order valence-electron chi connectivity index (χ1n) is 46.8. The molecule has 0 unspecified atom stereocenters. The molecule has 7 aromatic rings. The molecule has 710 valence electrons. The van der Waals surface area contributed by atoms with Crippen molar-refractivity contribution in [1.82, 2.24) is 69.6 Å². The number of ketones is 2. The standard InChI is InChI=1S/C97H130N18O17/c1-59-16-12-11-13-17-61(3)79(125-8)50-73-25-20-65(7)97(124,132-73)87(119)91(121)114-31-15-14-18-75(114)92(122)129-76(26-19-60(2)45-64(6)85(118)86(127-10)84(117)63(5)44-59)62(4)46-66-22-27-78(80(48-66)126-9)131-96(123)104-53-68-51-100-94(101-52-68)112-39-37-110(38-40-112)81(116)30-42-128-43-41-109-33-35-111(36-34-109)95-102-54-72(55-103-95)90(120)113-32-29-69-47-67(21-23-71(69)57-113)56-115-89-82(88(98)105-58-106-89)83(108-115)70-24-28-77-74(49-70)107-93(99)130-77/h11-13,16-17,21,23-24,28,45,47,49,51-52,54-55,58-60,62-63,65-66,73,75-76,78-80,85-86,118,124H,14-15,18-20,22,25-27,29-44,46,48,50,53,56-57H2,1-10H3,(H2,99,107)(H,104,123)(H2,98,105,106)/b13-11?,16-12+,61-17?,64-45+/t59-,60+,62-,63-,65-,66+,73+,75+,76+,78-,79+,80-,85-,86+,97-/m1/s1. The fourth-order valence-corrected chi connectivity index (χ4v) is 19.6. The number of nitrogens with two attached hydrogens (primary N) is 2. The Hall–Kier alpha value is -11.1. The van der Waals surface area contributed by atoms with Crippen LogP contribution in [0.5, 0.6) is 0 Å². The Morgan fingerprint density at radius 2 is 1.46 bits per heavy atom. The molecule has 1 saturated carbocycles. The van der Waals surface area contributed by atoms with Crippen LogP contribution in [0.3, 0.4) is 0 Å². The molecule has 15 atom stereocenters. The lowest BCUT2D eigenvalue weighted by atomic mass is 9.78. The zero-order valence-electron chi connectivity index (χ0n) is 77.7. The van der Waals surface area contributed by atoms with Crippen molar-refractivity contribution in [3.05, 3.63) is 143 Å². The number of nitrogens with zero attached hydrogens (tertiary/aromatic N) is 15. The van der Waals surface area contributed by atoms with Gasteiger partial charge in [-0.25, -0.2) is 44.2 Å². The first-order chi connectivity index (χ1) is 63.6. The second kappa shape index (κ2) is 44.7. The average Bonchev–Trinajstić information content (AvgIpc) is 1.63. The number of ether oxygens (including phenoxy) is 7. The highest BCUT2D eigenvalue weighted by Gasteiger charge is 2.53. The number of aliphatic hydroxyl groups excluding tert-OH is 1. The molecule has 2 aromatic carbocycles. The number of anilines is 4. The van der Waals surface area contributed by atoms with Gasteiger partial charge in [0, 0.05) is 161 Å². The first-order valence-corrected chi connectivity index (χ1v) is 46.8. The van der Waals surface area contributed by atoms with E-state index in [1.807, 2.05) is 103 Å². The maximum atomic E-state index is 14.8. The van der Waals surface area contributed by atoms with Gasteiger partial charge in [-0.15, -0.1) is 0 Å². The lowest BCUT2D eigenvalue weighted by Gasteiger charge is -2.42. The molecule has 5 aromatic heterocycles. The van der Waals surface area contributed by atoms with Crippen LogP contribution in [0.25, 0.3) is 33.4 Å². The molecule has 0 spiro atoms. The Bertz CT molecular complexity index is 5300. The summed E-state index contributed by atoms with van der Waals surface area (Å²) in [6, 6.07) is 10.8. The van der Waals surface area contributed by atoms with Gasteiger partial charge in [0.25, 0.3) is 23.6 Å². The third kappa shape index (κ3) is 23.8. The first kappa shape index (κ1) is 97.0. The topological polar surface area (TPSA) is 429 Å². The third-order valence-electron chi connectivity index (χ3n) is 27.5. The Labute approximate surface area is 770 Å². The Kier molecular flexibility index (Phi) is 32.8. The molecule has 7 N–H and O–H groups in total. The number of fused-ring (bicyclic) bond motifs is 6. The molecule has 1 aliphatic carbocycles. The van der Waals surface area contributed by atoms with E-state index in [9.17, 15) is 43.8 Å². The smallest absolute Gasteiger partial charge is 0.407 e. The number of nitrogen functional groups attached to an aromatic ring is 2. The number of alkyl carbamates (subject to hydrolysis) is 1. The number of oxazole rings is 1. The number of piperazine rings is 2. The summed E-state index contributed by atoms with van der Waals surface area (Å²) in [7, 11) is 4.61. The summed E-state index contributed by atoms with van der Waals surface area (Å²) < 4.78 is 49.8. The summed E-state index contributed by atoms with van der Waals surface area (Å²) >= 11 is 0. The molecular weight excluding hydrogens is 1690 g/mol. The van der Waals surface area contributed by atoms with Crippen LogP contribution in [0.2, 0.25) is 0 Å². The summed E-state index contributed by atoms with van der Waals surface area (Å²) in [4.78, 5) is 142. The summed E-state index contributed by atoms with van der Waals surface area (Å²) in [5.74, 6) is -5.54. The van der Waals surface area contributed by atoms with Gasteiger partial charge < -0.3 is 89.1 Å². The van der Waals surface area contributed by atoms with Crippen LogP contribution >= 0.6 is 0 Å². The molecule has 0 radical (unpaired) electrons. The van der Waals surface area contributed by atoms with E-state index in [4.69, 9.17) is 54.1 Å². The van der Waals surface area contributed by atoms with Crippen molar-refractivity contribution in [2.45, 2.75) is 219 Å². The second-order valence-corrected chi connectivity index (χ2v) is 36.9. The van der Waals surface area contributed by atoms with Gasteiger partial charge in [0.15, 0.2) is 17.0 Å². The van der Waals surface area contributed by atoms with Gasteiger partial charge >= 0.3 is 12.1 Å². The molecule has 5 fully saturated rings. The van der Waals surface area contributed by atoms with E-state index in [0.29, 0.717) is 224 Å². The number of benzene rings is 2. The highest BCUT2D eigenvalue weighted by atomic mass is 16.6. The largest absolute Gasteiger partial charge is 0.461 e. The molecule has 4 amide bonds. The maximum Gasteiger partial charge on any atom is 0.407 e. The van der Waals surface area contributed by atoms with Gasteiger partial charge in [0.05, 0.1) is 55.4 Å². The number of cyclic esters (lactones) is 1. The van der Waals surface area contributed by atoms with Crippen LogP contribution in [-0.4, -0.2) is 277 Å². The van der Waals surface area contributed by atoms with Crippen molar-refractivity contribution in [2.75, 3.05) is 128 Å². The van der Waals surface area contributed by atoms with E-state index >= 15 is 0 Å². The molecule has 4 saturated heterocycles. The SMILES string of the molecule is CO[C@H]1C[C@@H]2CC[C@@H](C)[C@@](O)(O2)C(=O)C(=O)N2CCCC[C@H]2C(=O)O[C@H]([C@H](C)C[C@@H]2CC[C@@H](OC(=O)NCc3cnc(N4CCN(C(=O)CCOCCN5CCN(c6ncc(C(=O)N7CCc8cc(Cn9nc(-c%10ccc%11oc(N)nc%11c%10)c%10c(N)ncnc%109)ccc8C7)cn6)CC5)CC4)nc3)[C@H](OC)C2)CC[C@H](C)/C=C(\C)[C@@H](O)[C@@H](OC)C(=O)[C@H](C)C[C@H](C)/C=C/C=CC=C1C. The molecule has 35 nitrogen and oxygen atoms in total. The third-order valence-corrected chi connectivity index (χ3v) is 27.5. The van der Waals surface area contributed by atoms with Gasteiger partial charge in [0.1, 0.15) is 53.8 Å². The number of esters is 1. The van der Waals surface area contributed by atoms with Crippen LogP contribution in [0.15, 0.2) is 120 Å². The number of carbonyl (C=O) groups is 7. The van der Waals surface area contributed by atoms with E-state index in [1.54, 1.807) is 58.9 Å². The molecular formula is C97H130N18O17. The van der Waals surface area contributed by atoms with Gasteiger partial charge in [-0.05, 0) is 167 Å². The summed E-state index contributed by atoms with van der Waals surface area (Å²) in [6.07, 6.45) is 21.3. The quantitative estimate of drug-likeness (QED) is 0.0193. The van der Waals surface area contributed by atoms with E-state index in [0.717, 1.165) is 40.9 Å². The van der Waals surface area contributed by atoms with Crippen LogP contribution in [0.4, 0.5) is 28.5 Å². The van der Waals surface area contributed by atoms with Crippen LogP contribution < -0.4 is 26.6 Å². The Balaban J connectivity index is 0.495. The van der Waals surface area contributed by atoms with Gasteiger partial charge in [0.2, 0.25) is 23.6 Å². The second-order valence-electron chi connectivity index (χ2n) is 36.9. The summed E-state index contributed by atoms with van der Waals surface area (Å²) in [5.41, 5.74) is 21.2. The molecule has 11 heterocycles. The Morgan fingerprint density at radius 1 is 0.712 bits per heavy atom. The van der Waals surface area contributed by atoms with Crippen molar-refractivity contribution >= 4 is 87.2 Å². The Morgan fingerprint density at radius 3 is 2.20 bits per heavy atom. The summed E-state index contributed by atoms with van der Waals surface area (Å²) in [6.45, 7) is 21.6. The van der Waals surface area contributed by atoms with Crippen molar-refractivity contribution < 1.29 is 81.4 Å². The predicted octanol–water partition coefficient (Wildman–Crippen LogP) is 9.75. The number of rotatable bonds is 21. The zero-order valence-corrected chi connectivity index (χ0v) is 77.7. The minimum atomic E-state index is -2.44. The zero-order chi connectivity index (χ0) is 93.4. The van der Waals surface area contributed by atoms with Crippen molar-refractivity contribution in [2.24, 2.45) is 35.5 Å². The van der Waals surface area contributed by atoms with Crippen molar-refractivity contribution in [3.8, 4) is 11.3 Å². The van der Waals surface area contributed by atoms with E-state index in [1.165, 1.54) is 18.3 Å². The predicted molar refractivity (Wildman–Crippen MR) is 494 cm³/mol. The molecule has 35 heteroatoms. The van der Waals surface area contributed by atoms with Crippen molar-refractivity contribution in [1.29, 1.82) is 0 Å². The number of carbonyl (C=O) groups excluding carboxylic acids is 7. The molecule has 7 aliphatic rings. The van der Waals surface area contributed by atoms with Crippen LogP contribution in [-0.2, 0) is 83.2 Å². The normalized spacial score (nSPS) is 27.3. The molecule has 14 rings (SSSR count). The van der Waals surface area contributed by atoms with Crippen LogP contribution in [0, 0.1) is 35.5 Å². The highest BCUT2D eigenvalue weighted by molar-refractivity contribution is 6.39. The summed E-state index contributed by atoms with van der Waals surface area (Å²) in [5, 5.41) is 32.4. The van der Waals surface area contributed by atoms with Crippen molar-refractivity contribution in [3.63, 3.8) is 0 Å². The number of aliphatic hydroxyl groups is 2. The number of Topliss-reactive ketones (excluding diaryl/α,β-unsaturated/α-hetero) is 2. The van der Waals surface area contributed by atoms with Gasteiger partial charge in [-0.3, -0.25) is 28.9 Å². The fraction of sp³-hybridized carbons (Fsp3) is 0.577. The van der Waals surface area contributed by atoms with E-state index in [2.05, 4.69) is 68.2 Å². The minimum absolute atomic E-state index is 0.0222. The van der Waals surface area contributed by atoms with E-state index in [-0.39, 0.29) is 73.2 Å². The molecule has 2 bridgehead atoms. The number of amides is 4. The molecule has 132 heavy (non-hydrogen) atoms. The number of aromatic nitrogens is 9. The van der Waals surface area contributed by atoms with Crippen LogP contribution in [0.1, 0.15) is 171 Å². The van der Waals surface area contributed by atoms with Gasteiger partial charge in [-0.2, -0.15) is 10.1 Å². The number of allylic oxidation sites excluding steroid dienone is 6. The monoisotopic (exact) mass is 1820 g/mol. The molecule has 6 aliphatic heterocycles. The lowest BCUT2D eigenvalue weighted by molar-refractivity contribution is -0.265. The number of piperidine rings is 1. The number of nitrogens with one attached hydrogen (secondary N) is 1. The van der Waals surface area contributed by atoms with Gasteiger partial charge in [-0.1, -0.05) is 89.3 Å². The number of hydrogen-bond donors (Lipinski definition) is 5. The number of hydrogen-bond acceptors (Lipinski definition) is 30. The average molecular weight is 1820 g/mol.